The minimum absolute atomic E-state index is 0.0110. The third-order valence-corrected chi connectivity index (χ3v) is 4.74. The van der Waals surface area contributed by atoms with E-state index in [1.807, 2.05) is 54.6 Å². The van der Waals surface area contributed by atoms with Gasteiger partial charge in [-0.2, -0.15) is 0 Å². The molecule has 1 amide bonds. The van der Waals surface area contributed by atoms with Crippen LogP contribution in [0.25, 0.3) is 0 Å². The van der Waals surface area contributed by atoms with Crippen molar-refractivity contribution in [3.8, 4) is 5.75 Å². The molecule has 1 fully saturated rings. The van der Waals surface area contributed by atoms with E-state index in [1.54, 1.807) is 0 Å². The molecule has 0 unspecified atom stereocenters. The van der Waals surface area contributed by atoms with Gasteiger partial charge in [0.05, 0.1) is 19.3 Å². The average Bonchev–Trinajstić information content (AvgIpc) is 2.67. The fraction of sp³-hybridized carbons (Fsp3) is 0.350. The molecule has 1 heterocycles. The van der Waals surface area contributed by atoms with Crippen molar-refractivity contribution in [3.63, 3.8) is 0 Å². The molecule has 0 bridgehead atoms. The third kappa shape index (κ3) is 5.83. The smallest absolute Gasteiger partial charge is 0.258 e. The number of benzene rings is 2. The lowest BCUT2D eigenvalue weighted by atomic mass is 10.1. The molecule has 2 aromatic rings. The Morgan fingerprint density at radius 2 is 1.92 bits per heavy atom. The molecule has 0 radical (unpaired) electrons. The first-order valence-corrected chi connectivity index (χ1v) is 9.53. The monoisotopic (exact) mass is 418 g/mol. The summed E-state index contributed by atoms with van der Waals surface area (Å²) < 4.78 is 11.9. The summed E-state index contributed by atoms with van der Waals surface area (Å²) in [6.07, 6.45) is 0. The normalized spacial score (nSPS) is 16.0. The van der Waals surface area contributed by atoms with Crippen LogP contribution in [0, 0.1) is 0 Å². The number of carbonyl (C=O) groups is 1. The zero-order valence-electron chi connectivity index (χ0n) is 14.6. The van der Waals surface area contributed by atoms with Gasteiger partial charge in [-0.15, -0.1) is 0 Å². The van der Waals surface area contributed by atoms with E-state index in [4.69, 9.17) is 9.47 Å². The third-order valence-electron chi connectivity index (χ3n) is 4.25. The molecule has 6 heteroatoms. The molecule has 138 valence electrons. The van der Waals surface area contributed by atoms with Crippen molar-refractivity contribution in [2.45, 2.75) is 6.04 Å². The molecule has 3 rings (SSSR count). The molecule has 2 aromatic carbocycles. The minimum atomic E-state index is -0.132. The summed E-state index contributed by atoms with van der Waals surface area (Å²) in [7, 11) is 0. The van der Waals surface area contributed by atoms with E-state index in [0.717, 1.165) is 42.9 Å². The van der Waals surface area contributed by atoms with Crippen LogP contribution in [0.1, 0.15) is 11.6 Å². The summed E-state index contributed by atoms with van der Waals surface area (Å²) >= 11 is 3.40. The molecule has 1 atom stereocenters. The van der Waals surface area contributed by atoms with Crippen LogP contribution < -0.4 is 10.1 Å². The van der Waals surface area contributed by atoms with Crippen molar-refractivity contribution in [1.82, 2.24) is 10.2 Å². The van der Waals surface area contributed by atoms with E-state index in [9.17, 15) is 4.79 Å². The summed E-state index contributed by atoms with van der Waals surface area (Å²) in [5.74, 6) is 0.533. The minimum Gasteiger partial charge on any atom is -0.484 e. The van der Waals surface area contributed by atoms with Crippen molar-refractivity contribution >= 4 is 21.8 Å². The van der Waals surface area contributed by atoms with Crippen molar-refractivity contribution in [2.24, 2.45) is 0 Å². The molecule has 0 aliphatic carbocycles. The number of hydrogen-bond donors (Lipinski definition) is 1. The maximum Gasteiger partial charge on any atom is 0.258 e. The number of ether oxygens (including phenoxy) is 2. The number of rotatable bonds is 7. The van der Waals surface area contributed by atoms with Crippen LogP contribution in [-0.2, 0) is 9.53 Å². The van der Waals surface area contributed by atoms with Gasteiger partial charge >= 0.3 is 0 Å². The highest BCUT2D eigenvalue weighted by atomic mass is 79.9. The SMILES string of the molecule is O=C(COc1cccc(Br)c1)N[C@@H](CN1CCOCC1)c1ccccc1. The molecule has 1 saturated heterocycles. The first-order chi connectivity index (χ1) is 12.7. The number of amides is 1. The van der Waals surface area contributed by atoms with Crippen LogP contribution in [0.4, 0.5) is 0 Å². The fourth-order valence-electron chi connectivity index (χ4n) is 2.90. The Morgan fingerprint density at radius 1 is 1.15 bits per heavy atom. The van der Waals surface area contributed by atoms with Crippen molar-refractivity contribution in [1.29, 1.82) is 0 Å². The summed E-state index contributed by atoms with van der Waals surface area (Å²) in [4.78, 5) is 14.8. The predicted octanol–water partition coefficient (Wildman–Crippen LogP) is 3.02. The quantitative estimate of drug-likeness (QED) is 0.750. The lowest BCUT2D eigenvalue weighted by molar-refractivity contribution is -0.124. The van der Waals surface area contributed by atoms with Gasteiger partial charge < -0.3 is 14.8 Å². The molecule has 26 heavy (non-hydrogen) atoms. The number of carbonyl (C=O) groups excluding carboxylic acids is 1. The number of nitrogens with one attached hydrogen (secondary N) is 1. The van der Waals surface area contributed by atoms with Gasteiger partial charge in [0.25, 0.3) is 5.91 Å². The van der Waals surface area contributed by atoms with Crippen LogP contribution >= 0.6 is 15.9 Å². The Hall–Kier alpha value is -1.89. The summed E-state index contributed by atoms with van der Waals surface area (Å²) in [5.41, 5.74) is 1.09. The molecule has 1 N–H and O–H groups in total. The van der Waals surface area contributed by atoms with Gasteiger partial charge in [0.2, 0.25) is 0 Å². The Morgan fingerprint density at radius 3 is 2.65 bits per heavy atom. The first kappa shape index (κ1) is 18.9. The second-order valence-corrected chi connectivity index (χ2v) is 7.11. The summed E-state index contributed by atoms with van der Waals surface area (Å²) in [5, 5.41) is 3.11. The zero-order chi connectivity index (χ0) is 18.2. The van der Waals surface area contributed by atoms with Crippen LogP contribution in [0.2, 0.25) is 0 Å². The number of nitrogens with zero attached hydrogens (tertiary/aromatic N) is 1. The number of morpholine rings is 1. The van der Waals surface area contributed by atoms with E-state index in [0.29, 0.717) is 5.75 Å². The lowest BCUT2D eigenvalue weighted by Gasteiger charge is -2.31. The van der Waals surface area contributed by atoms with Gasteiger partial charge in [0.1, 0.15) is 5.75 Å². The van der Waals surface area contributed by atoms with Crippen molar-refractivity contribution in [3.05, 3.63) is 64.6 Å². The van der Waals surface area contributed by atoms with E-state index in [2.05, 4.69) is 26.1 Å². The zero-order valence-corrected chi connectivity index (χ0v) is 16.2. The van der Waals surface area contributed by atoms with E-state index in [-0.39, 0.29) is 18.6 Å². The van der Waals surface area contributed by atoms with Gasteiger partial charge in [-0.25, -0.2) is 0 Å². The first-order valence-electron chi connectivity index (χ1n) is 8.73. The Balaban J connectivity index is 1.59. The van der Waals surface area contributed by atoms with E-state index in [1.165, 1.54) is 0 Å². The van der Waals surface area contributed by atoms with E-state index < -0.39 is 0 Å². The van der Waals surface area contributed by atoms with Crippen molar-refractivity contribution < 1.29 is 14.3 Å². The van der Waals surface area contributed by atoms with E-state index >= 15 is 0 Å². The summed E-state index contributed by atoms with van der Waals surface area (Å²) in [6, 6.07) is 17.4. The lowest BCUT2D eigenvalue weighted by Crippen LogP contribution is -2.44. The second kappa shape index (κ2) is 9.71. The molecule has 0 spiro atoms. The molecule has 1 aliphatic heterocycles. The van der Waals surface area contributed by atoms with Gasteiger partial charge in [0, 0.05) is 24.1 Å². The topological polar surface area (TPSA) is 50.8 Å². The number of halogens is 1. The summed E-state index contributed by atoms with van der Waals surface area (Å²) in [6.45, 7) is 3.99. The second-order valence-electron chi connectivity index (χ2n) is 6.19. The molecular weight excluding hydrogens is 396 g/mol. The largest absolute Gasteiger partial charge is 0.484 e. The fourth-order valence-corrected chi connectivity index (χ4v) is 3.28. The maximum absolute atomic E-state index is 12.4. The highest BCUT2D eigenvalue weighted by Crippen LogP contribution is 2.18. The standard InChI is InChI=1S/C20H23BrN2O3/c21-17-7-4-8-18(13-17)26-15-20(24)22-19(16-5-2-1-3-6-16)14-23-9-11-25-12-10-23/h1-8,13,19H,9-12,14-15H2,(H,22,24)/t19-/m0/s1. The Labute approximate surface area is 162 Å². The molecular formula is C20H23BrN2O3. The average molecular weight is 419 g/mol. The van der Waals surface area contributed by atoms with Crippen molar-refractivity contribution in [2.75, 3.05) is 39.5 Å². The highest BCUT2D eigenvalue weighted by molar-refractivity contribution is 9.10. The molecule has 0 aromatic heterocycles. The highest BCUT2D eigenvalue weighted by Gasteiger charge is 2.20. The van der Waals surface area contributed by atoms with Gasteiger partial charge in [0.15, 0.2) is 6.61 Å². The van der Waals surface area contributed by atoms with Crippen LogP contribution in [0.3, 0.4) is 0 Å². The molecule has 0 saturated carbocycles. The van der Waals surface area contributed by atoms with Crippen LogP contribution in [-0.4, -0.2) is 50.3 Å². The van der Waals surface area contributed by atoms with Gasteiger partial charge in [-0.1, -0.05) is 52.3 Å². The molecule has 5 nitrogen and oxygen atoms in total. The van der Waals surface area contributed by atoms with Crippen LogP contribution in [0.5, 0.6) is 5.75 Å². The Bertz CT molecular complexity index is 705. The van der Waals surface area contributed by atoms with Crippen LogP contribution in [0.15, 0.2) is 59.1 Å². The van der Waals surface area contributed by atoms with Gasteiger partial charge in [-0.3, -0.25) is 9.69 Å². The maximum atomic E-state index is 12.4. The molecule has 1 aliphatic rings. The predicted molar refractivity (Wildman–Crippen MR) is 104 cm³/mol. The van der Waals surface area contributed by atoms with Gasteiger partial charge in [-0.05, 0) is 23.8 Å². The number of hydrogen-bond acceptors (Lipinski definition) is 4. The Kier molecular flexibility index (Phi) is 7.05.